The van der Waals surface area contributed by atoms with E-state index in [1.165, 1.54) is 31.7 Å². The van der Waals surface area contributed by atoms with Crippen LogP contribution in [-0.2, 0) is 0 Å². The monoisotopic (exact) mass is 236 g/mol. The summed E-state index contributed by atoms with van der Waals surface area (Å²) >= 11 is 0. The standard InChI is InChI=1S/C14H21FN2/c1-10(16)13-9-11(15)7-8-14(13)17(2)12-5-3-4-6-12/h7-10,12H,3-6,16H2,1-2H3/t10-/m0/s1. The molecule has 0 spiro atoms. The SMILES string of the molecule is C[C@H](N)c1cc(F)ccc1N(C)C1CCCC1. The molecule has 1 aromatic carbocycles. The van der Waals surface area contributed by atoms with Crippen molar-refractivity contribution in [3.8, 4) is 0 Å². The second-order valence-corrected chi connectivity index (χ2v) is 5.04. The minimum Gasteiger partial charge on any atom is -0.371 e. The van der Waals surface area contributed by atoms with Crippen molar-refractivity contribution in [3.63, 3.8) is 0 Å². The van der Waals surface area contributed by atoms with Gasteiger partial charge in [-0.2, -0.15) is 0 Å². The molecule has 94 valence electrons. The highest BCUT2D eigenvalue weighted by Crippen LogP contribution is 2.31. The molecule has 17 heavy (non-hydrogen) atoms. The zero-order valence-corrected chi connectivity index (χ0v) is 10.6. The highest BCUT2D eigenvalue weighted by atomic mass is 19.1. The van der Waals surface area contributed by atoms with Gasteiger partial charge >= 0.3 is 0 Å². The Labute approximate surface area is 103 Å². The zero-order chi connectivity index (χ0) is 12.4. The van der Waals surface area contributed by atoms with Gasteiger partial charge in [0.1, 0.15) is 5.82 Å². The normalized spacial score (nSPS) is 18.4. The van der Waals surface area contributed by atoms with E-state index in [0.717, 1.165) is 11.3 Å². The van der Waals surface area contributed by atoms with Crippen molar-refractivity contribution in [3.05, 3.63) is 29.6 Å². The molecule has 3 heteroatoms. The lowest BCUT2D eigenvalue weighted by Crippen LogP contribution is -2.30. The fourth-order valence-electron chi connectivity index (χ4n) is 2.70. The van der Waals surface area contributed by atoms with Crippen molar-refractivity contribution in [2.45, 2.75) is 44.7 Å². The molecular weight excluding hydrogens is 215 g/mol. The fourth-order valence-corrected chi connectivity index (χ4v) is 2.70. The van der Waals surface area contributed by atoms with Gasteiger partial charge in [0.15, 0.2) is 0 Å². The summed E-state index contributed by atoms with van der Waals surface area (Å²) in [6.45, 7) is 1.90. The molecule has 0 unspecified atom stereocenters. The average molecular weight is 236 g/mol. The van der Waals surface area contributed by atoms with Gasteiger partial charge in [-0.05, 0) is 43.5 Å². The molecular formula is C14H21FN2. The predicted octanol–water partition coefficient (Wildman–Crippen LogP) is 3.22. The number of benzene rings is 1. The molecule has 2 N–H and O–H groups in total. The molecule has 1 aliphatic rings. The molecule has 2 nitrogen and oxygen atoms in total. The maximum Gasteiger partial charge on any atom is 0.123 e. The zero-order valence-electron chi connectivity index (χ0n) is 10.6. The van der Waals surface area contributed by atoms with Crippen LogP contribution in [0.25, 0.3) is 0 Å². The summed E-state index contributed by atoms with van der Waals surface area (Å²) in [5.41, 5.74) is 7.91. The molecule has 0 bridgehead atoms. The Bertz CT molecular complexity index is 384. The van der Waals surface area contributed by atoms with E-state index in [1.54, 1.807) is 6.07 Å². The van der Waals surface area contributed by atoms with Crippen LogP contribution in [0.1, 0.15) is 44.2 Å². The number of nitrogens with two attached hydrogens (primary N) is 1. The van der Waals surface area contributed by atoms with Gasteiger partial charge in [-0.1, -0.05) is 12.8 Å². The molecule has 1 aliphatic carbocycles. The molecule has 1 fully saturated rings. The summed E-state index contributed by atoms with van der Waals surface area (Å²) in [7, 11) is 2.09. The van der Waals surface area contributed by atoms with E-state index in [0.29, 0.717) is 6.04 Å². The minimum atomic E-state index is -0.208. The Kier molecular flexibility index (Phi) is 3.67. The number of anilines is 1. The van der Waals surface area contributed by atoms with E-state index in [2.05, 4.69) is 11.9 Å². The number of hydrogen-bond acceptors (Lipinski definition) is 2. The number of rotatable bonds is 3. The minimum absolute atomic E-state index is 0.135. The third kappa shape index (κ3) is 2.60. The van der Waals surface area contributed by atoms with E-state index >= 15 is 0 Å². The lowest BCUT2D eigenvalue weighted by molar-refractivity contribution is 0.616. The van der Waals surface area contributed by atoms with Crippen LogP contribution in [0.5, 0.6) is 0 Å². The molecule has 0 amide bonds. The largest absolute Gasteiger partial charge is 0.371 e. The lowest BCUT2D eigenvalue weighted by Gasteiger charge is -2.29. The summed E-state index contributed by atoms with van der Waals surface area (Å²) in [4.78, 5) is 2.27. The Morgan fingerprint density at radius 2 is 2.00 bits per heavy atom. The lowest BCUT2D eigenvalue weighted by atomic mass is 10.0. The van der Waals surface area contributed by atoms with E-state index in [-0.39, 0.29) is 11.9 Å². The van der Waals surface area contributed by atoms with Crippen LogP contribution in [0.4, 0.5) is 10.1 Å². The Hall–Kier alpha value is -1.09. The molecule has 0 aliphatic heterocycles. The topological polar surface area (TPSA) is 29.3 Å². The van der Waals surface area contributed by atoms with E-state index < -0.39 is 0 Å². The second kappa shape index (κ2) is 5.05. The van der Waals surface area contributed by atoms with Crippen LogP contribution in [0, 0.1) is 5.82 Å². The van der Waals surface area contributed by atoms with Crippen LogP contribution < -0.4 is 10.6 Å². The highest BCUT2D eigenvalue weighted by Gasteiger charge is 2.22. The van der Waals surface area contributed by atoms with Crippen molar-refractivity contribution in [2.24, 2.45) is 5.73 Å². The van der Waals surface area contributed by atoms with Crippen LogP contribution in [0.3, 0.4) is 0 Å². The van der Waals surface area contributed by atoms with Crippen molar-refractivity contribution < 1.29 is 4.39 Å². The first kappa shape index (κ1) is 12.4. The van der Waals surface area contributed by atoms with E-state index in [4.69, 9.17) is 5.73 Å². The summed E-state index contributed by atoms with van der Waals surface area (Å²) < 4.78 is 13.3. The van der Waals surface area contributed by atoms with Gasteiger partial charge in [0.2, 0.25) is 0 Å². The highest BCUT2D eigenvalue weighted by molar-refractivity contribution is 5.55. The Morgan fingerprint density at radius 3 is 2.59 bits per heavy atom. The van der Waals surface area contributed by atoms with Gasteiger partial charge in [-0.25, -0.2) is 4.39 Å². The smallest absolute Gasteiger partial charge is 0.123 e. The van der Waals surface area contributed by atoms with E-state index in [9.17, 15) is 4.39 Å². The Balaban J connectivity index is 2.29. The third-order valence-electron chi connectivity index (χ3n) is 3.73. The first-order valence-corrected chi connectivity index (χ1v) is 6.37. The van der Waals surface area contributed by atoms with E-state index in [1.807, 2.05) is 13.0 Å². The molecule has 1 atom stereocenters. The summed E-state index contributed by atoms with van der Waals surface area (Å²) in [5.74, 6) is -0.208. The number of hydrogen-bond donors (Lipinski definition) is 1. The van der Waals surface area contributed by atoms with Crippen LogP contribution >= 0.6 is 0 Å². The summed E-state index contributed by atoms with van der Waals surface area (Å²) in [6.07, 6.45) is 5.05. The fraction of sp³-hybridized carbons (Fsp3) is 0.571. The van der Waals surface area contributed by atoms with Gasteiger partial charge in [0.05, 0.1) is 0 Å². The predicted molar refractivity (Wildman–Crippen MR) is 69.7 cm³/mol. The summed E-state index contributed by atoms with van der Waals surface area (Å²) in [5, 5.41) is 0. The third-order valence-corrected chi connectivity index (χ3v) is 3.73. The number of halogens is 1. The molecule has 1 saturated carbocycles. The quantitative estimate of drug-likeness (QED) is 0.873. The molecule has 2 rings (SSSR count). The Morgan fingerprint density at radius 1 is 1.35 bits per heavy atom. The number of nitrogens with zero attached hydrogens (tertiary/aromatic N) is 1. The summed E-state index contributed by atoms with van der Waals surface area (Å²) in [6, 6.07) is 5.38. The molecule has 0 heterocycles. The molecule has 0 radical (unpaired) electrons. The van der Waals surface area contributed by atoms with Crippen LogP contribution in [0.2, 0.25) is 0 Å². The van der Waals surface area contributed by atoms with Crippen molar-refractivity contribution >= 4 is 5.69 Å². The van der Waals surface area contributed by atoms with Crippen molar-refractivity contribution in [1.82, 2.24) is 0 Å². The molecule has 0 aromatic heterocycles. The van der Waals surface area contributed by atoms with Crippen molar-refractivity contribution in [2.75, 3.05) is 11.9 Å². The van der Waals surface area contributed by atoms with Gasteiger partial charge in [0.25, 0.3) is 0 Å². The molecule has 0 saturated heterocycles. The van der Waals surface area contributed by atoms with Gasteiger partial charge in [-0.15, -0.1) is 0 Å². The second-order valence-electron chi connectivity index (χ2n) is 5.04. The molecule has 1 aromatic rings. The van der Waals surface area contributed by atoms with Gasteiger partial charge in [0, 0.05) is 24.8 Å². The first-order valence-electron chi connectivity index (χ1n) is 6.37. The van der Waals surface area contributed by atoms with Crippen LogP contribution in [0.15, 0.2) is 18.2 Å². The van der Waals surface area contributed by atoms with Crippen LogP contribution in [-0.4, -0.2) is 13.1 Å². The maximum atomic E-state index is 13.3. The van der Waals surface area contributed by atoms with Gasteiger partial charge < -0.3 is 10.6 Å². The maximum absolute atomic E-state index is 13.3. The van der Waals surface area contributed by atoms with Crippen molar-refractivity contribution in [1.29, 1.82) is 0 Å². The van der Waals surface area contributed by atoms with Gasteiger partial charge in [-0.3, -0.25) is 0 Å². The average Bonchev–Trinajstić information content (AvgIpc) is 2.81. The first-order chi connectivity index (χ1) is 8.09.